The maximum atomic E-state index is 7.84. The van der Waals surface area contributed by atoms with Crippen LogP contribution in [-0.4, -0.2) is 28.2 Å². The van der Waals surface area contributed by atoms with Gasteiger partial charge in [-0.25, -0.2) is 9.69 Å². The Balaban J connectivity index is 1.67. The molecule has 0 fully saturated rings. The van der Waals surface area contributed by atoms with Crippen LogP contribution in [0.3, 0.4) is 0 Å². The van der Waals surface area contributed by atoms with E-state index in [0.717, 1.165) is 44.4 Å². The average Bonchev–Trinajstić information content (AvgIpc) is 2.90. The van der Waals surface area contributed by atoms with Crippen molar-refractivity contribution >= 4 is 57.8 Å². The first-order valence-corrected chi connectivity index (χ1v) is 11.7. The first kappa shape index (κ1) is 24.3. The van der Waals surface area contributed by atoms with Crippen LogP contribution < -0.4 is 9.80 Å². The summed E-state index contributed by atoms with van der Waals surface area (Å²) in [6.45, 7) is 15.7. The van der Waals surface area contributed by atoms with Crippen molar-refractivity contribution in [2.45, 2.75) is 0 Å². The Labute approximate surface area is 213 Å². The van der Waals surface area contributed by atoms with Gasteiger partial charge in [-0.1, -0.05) is 72.8 Å². The standard InChI is InChI=1S/C32H28N4/c1-33-31-25(13-7-23-9-17-27(18-10-23)35(3)4)15-22-30-29(31)21-16-26(32(30)34-2)14-8-24-11-19-28(20-12-24)36(5)6/h7-22H,3-6H3/b13-7+,14-8+. The lowest BCUT2D eigenvalue weighted by Gasteiger charge is -2.12. The Kier molecular flexibility index (Phi) is 7.19. The summed E-state index contributed by atoms with van der Waals surface area (Å²) in [5.74, 6) is 0. The van der Waals surface area contributed by atoms with Crippen LogP contribution in [0.2, 0.25) is 0 Å². The van der Waals surface area contributed by atoms with Crippen molar-refractivity contribution in [2.24, 2.45) is 0 Å². The first-order valence-electron chi connectivity index (χ1n) is 11.7. The van der Waals surface area contributed by atoms with Gasteiger partial charge in [0.05, 0.1) is 13.1 Å². The van der Waals surface area contributed by atoms with Crippen LogP contribution in [0.1, 0.15) is 22.3 Å². The summed E-state index contributed by atoms with van der Waals surface area (Å²) in [5.41, 5.74) is 7.23. The molecule has 0 aliphatic carbocycles. The molecule has 4 rings (SSSR count). The second kappa shape index (κ2) is 10.6. The Hall–Kier alpha value is -4.80. The molecule has 4 aromatic carbocycles. The van der Waals surface area contributed by atoms with E-state index in [2.05, 4.69) is 68.0 Å². The molecular formula is C32H28N4. The molecule has 0 aromatic heterocycles. The highest BCUT2D eigenvalue weighted by Gasteiger charge is 2.12. The fourth-order valence-electron chi connectivity index (χ4n) is 4.07. The molecule has 0 amide bonds. The van der Waals surface area contributed by atoms with Gasteiger partial charge in [0.15, 0.2) is 0 Å². The third-order valence-corrected chi connectivity index (χ3v) is 6.16. The van der Waals surface area contributed by atoms with E-state index in [4.69, 9.17) is 13.1 Å². The quantitative estimate of drug-likeness (QED) is 0.208. The molecule has 0 saturated heterocycles. The largest absolute Gasteiger partial charge is 0.378 e. The van der Waals surface area contributed by atoms with E-state index in [1.165, 1.54) is 0 Å². The summed E-state index contributed by atoms with van der Waals surface area (Å²) in [7, 11) is 8.07. The number of hydrogen-bond donors (Lipinski definition) is 0. The molecule has 0 bridgehead atoms. The minimum atomic E-state index is 0.563. The summed E-state index contributed by atoms with van der Waals surface area (Å²) in [4.78, 5) is 11.8. The lowest BCUT2D eigenvalue weighted by molar-refractivity contribution is 1.13. The molecule has 0 N–H and O–H groups in total. The van der Waals surface area contributed by atoms with Crippen molar-refractivity contribution in [3.8, 4) is 0 Å². The fourth-order valence-corrected chi connectivity index (χ4v) is 4.07. The lowest BCUT2D eigenvalue weighted by Crippen LogP contribution is -2.07. The van der Waals surface area contributed by atoms with E-state index < -0.39 is 0 Å². The van der Waals surface area contributed by atoms with Gasteiger partial charge in [-0.15, -0.1) is 0 Å². The summed E-state index contributed by atoms with van der Waals surface area (Å²) in [5, 5.41) is 1.60. The van der Waals surface area contributed by atoms with Crippen LogP contribution in [0.5, 0.6) is 0 Å². The zero-order valence-corrected chi connectivity index (χ0v) is 21.0. The minimum Gasteiger partial charge on any atom is -0.378 e. The lowest BCUT2D eigenvalue weighted by atomic mass is 9.98. The van der Waals surface area contributed by atoms with Crippen molar-refractivity contribution in [3.05, 3.63) is 118 Å². The number of anilines is 2. The highest BCUT2D eigenvalue weighted by molar-refractivity contribution is 6.07. The molecule has 0 saturated carbocycles. The third-order valence-electron chi connectivity index (χ3n) is 6.16. The predicted molar refractivity (Wildman–Crippen MR) is 156 cm³/mol. The maximum Gasteiger partial charge on any atom is 0.200 e. The smallest absolute Gasteiger partial charge is 0.200 e. The first-order chi connectivity index (χ1) is 17.4. The number of hydrogen-bond acceptors (Lipinski definition) is 2. The van der Waals surface area contributed by atoms with Crippen LogP contribution in [0.15, 0.2) is 72.8 Å². The Morgan fingerprint density at radius 1 is 0.500 bits per heavy atom. The molecule has 4 nitrogen and oxygen atoms in total. The van der Waals surface area contributed by atoms with Gasteiger partial charge in [-0.2, -0.15) is 0 Å². The van der Waals surface area contributed by atoms with Crippen molar-refractivity contribution < 1.29 is 0 Å². The van der Waals surface area contributed by atoms with E-state index >= 15 is 0 Å². The van der Waals surface area contributed by atoms with E-state index in [-0.39, 0.29) is 0 Å². The summed E-state index contributed by atoms with van der Waals surface area (Å²) in [6.07, 6.45) is 7.98. The molecule has 0 unspecified atom stereocenters. The number of fused-ring (bicyclic) bond motifs is 1. The molecular weight excluding hydrogens is 440 g/mol. The van der Waals surface area contributed by atoms with Crippen molar-refractivity contribution in [1.29, 1.82) is 0 Å². The van der Waals surface area contributed by atoms with E-state index in [9.17, 15) is 0 Å². The third kappa shape index (κ3) is 5.14. The SMILES string of the molecule is [C-]#[N+]c1c(/C=C/c2ccc(N(C)C)cc2)ccc2c([N+]#[C-])c(/C=C/c3ccc(N(C)C)cc3)ccc12. The van der Waals surface area contributed by atoms with Gasteiger partial charge in [0.25, 0.3) is 0 Å². The highest BCUT2D eigenvalue weighted by Crippen LogP contribution is 2.39. The van der Waals surface area contributed by atoms with Crippen LogP contribution in [-0.2, 0) is 0 Å². The average molecular weight is 469 g/mol. The van der Waals surface area contributed by atoms with Gasteiger partial charge in [0.2, 0.25) is 11.4 Å². The van der Waals surface area contributed by atoms with Gasteiger partial charge in [0, 0.05) is 39.6 Å². The molecule has 0 heterocycles. The Morgan fingerprint density at radius 2 is 0.861 bits per heavy atom. The van der Waals surface area contributed by atoms with Crippen LogP contribution in [0, 0.1) is 13.1 Å². The zero-order valence-electron chi connectivity index (χ0n) is 21.0. The van der Waals surface area contributed by atoms with Gasteiger partial charge < -0.3 is 9.80 Å². The van der Waals surface area contributed by atoms with E-state index in [0.29, 0.717) is 11.4 Å². The minimum absolute atomic E-state index is 0.563. The second-order valence-corrected chi connectivity index (χ2v) is 8.96. The van der Waals surface area contributed by atoms with E-state index in [1.54, 1.807) is 0 Å². The van der Waals surface area contributed by atoms with Crippen LogP contribution in [0.25, 0.3) is 44.8 Å². The monoisotopic (exact) mass is 468 g/mol. The van der Waals surface area contributed by atoms with Crippen LogP contribution in [0.4, 0.5) is 22.7 Å². The van der Waals surface area contributed by atoms with Crippen molar-refractivity contribution in [2.75, 3.05) is 38.0 Å². The van der Waals surface area contributed by atoms with E-state index in [1.807, 2.05) is 76.8 Å². The molecule has 4 aromatic rings. The fraction of sp³-hybridized carbons (Fsp3) is 0.125. The molecule has 0 aliphatic rings. The van der Waals surface area contributed by atoms with Crippen molar-refractivity contribution in [1.82, 2.24) is 0 Å². The van der Waals surface area contributed by atoms with Gasteiger partial charge in [-0.05, 0) is 57.3 Å². The van der Waals surface area contributed by atoms with Crippen LogP contribution >= 0.6 is 0 Å². The molecule has 176 valence electrons. The van der Waals surface area contributed by atoms with Gasteiger partial charge in [0.1, 0.15) is 0 Å². The topological polar surface area (TPSA) is 15.2 Å². The number of benzene rings is 4. The molecule has 0 radical (unpaired) electrons. The second-order valence-electron chi connectivity index (χ2n) is 8.96. The summed E-state index contributed by atoms with van der Waals surface area (Å²) >= 11 is 0. The van der Waals surface area contributed by atoms with Gasteiger partial charge >= 0.3 is 0 Å². The number of nitrogens with zero attached hydrogens (tertiary/aromatic N) is 4. The molecule has 0 aliphatic heterocycles. The Morgan fingerprint density at radius 3 is 1.17 bits per heavy atom. The summed E-state index contributed by atoms with van der Waals surface area (Å²) in [6, 6.07) is 24.3. The van der Waals surface area contributed by atoms with Gasteiger partial charge in [-0.3, -0.25) is 0 Å². The Bertz CT molecular complexity index is 1410. The highest BCUT2D eigenvalue weighted by atomic mass is 15.1. The molecule has 0 spiro atoms. The van der Waals surface area contributed by atoms with Crippen molar-refractivity contribution in [3.63, 3.8) is 0 Å². The normalized spacial score (nSPS) is 11.1. The molecule has 4 heteroatoms. The zero-order chi connectivity index (χ0) is 25.7. The molecule has 36 heavy (non-hydrogen) atoms. The maximum absolute atomic E-state index is 7.84. The number of rotatable bonds is 6. The molecule has 0 atom stereocenters. The summed E-state index contributed by atoms with van der Waals surface area (Å²) < 4.78 is 0. The predicted octanol–water partition coefficient (Wildman–Crippen LogP) is 8.41.